The topological polar surface area (TPSA) is 41.5 Å². The van der Waals surface area contributed by atoms with Crippen LogP contribution in [0.15, 0.2) is 65.5 Å². The molecule has 0 aliphatic heterocycles. The molecule has 3 heteroatoms. The average Bonchev–Trinajstić information content (AvgIpc) is 2.38. The van der Waals surface area contributed by atoms with Crippen LogP contribution in [0.1, 0.15) is 27.2 Å². The summed E-state index contributed by atoms with van der Waals surface area (Å²) in [7, 11) is 0. The van der Waals surface area contributed by atoms with Crippen LogP contribution in [0, 0.1) is 0 Å². The molecule has 0 atom stereocenters. The van der Waals surface area contributed by atoms with E-state index in [2.05, 4.69) is 30.4 Å². The molecule has 0 aromatic carbocycles. The maximum atomic E-state index is 11.8. The van der Waals surface area contributed by atoms with E-state index < -0.39 is 0 Å². The van der Waals surface area contributed by atoms with E-state index in [4.69, 9.17) is 0 Å². The molecular weight excluding hydrogens is 236 g/mol. The molecular formula is C16H22N2O. The Morgan fingerprint density at radius 3 is 2.58 bits per heavy atom. The number of nitrogens with zero attached hydrogens (tertiary/aromatic N) is 1. The summed E-state index contributed by atoms with van der Waals surface area (Å²) in [6.07, 6.45) is 11.2. The highest BCUT2D eigenvalue weighted by Crippen LogP contribution is 2.01. The van der Waals surface area contributed by atoms with Gasteiger partial charge in [-0.05, 0) is 26.3 Å². The maximum Gasteiger partial charge on any atom is 0.256 e. The van der Waals surface area contributed by atoms with Gasteiger partial charge in [-0.25, -0.2) is 4.99 Å². The fraction of sp³-hybridized carbons (Fsp3) is 0.250. The van der Waals surface area contributed by atoms with Gasteiger partial charge in [0, 0.05) is 11.8 Å². The minimum Gasteiger partial charge on any atom is -0.307 e. The number of allylic oxidation sites excluding steroid dienone is 5. The first-order valence-electron chi connectivity index (χ1n) is 6.20. The number of hydrogen-bond donors (Lipinski definition) is 1. The molecule has 0 spiro atoms. The summed E-state index contributed by atoms with van der Waals surface area (Å²) < 4.78 is 0. The minimum absolute atomic E-state index is 0.280. The van der Waals surface area contributed by atoms with Gasteiger partial charge < -0.3 is 5.32 Å². The van der Waals surface area contributed by atoms with Crippen molar-refractivity contribution in [2.45, 2.75) is 27.2 Å². The van der Waals surface area contributed by atoms with Crippen LogP contribution in [0.4, 0.5) is 0 Å². The van der Waals surface area contributed by atoms with Gasteiger partial charge in [0.2, 0.25) is 0 Å². The van der Waals surface area contributed by atoms with Gasteiger partial charge >= 0.3 is 0 Å². The summed E-state index contributed by atoms with van der Waals surface area (Å²) in [4.78, 5) is 15.8. The van der Waals surface area contributed by atoms with Crippen molar-refractivity contribution in [2.75, 3.05) is 0 Å². The van der Waals surface area contributed by atoms with E-state index in [9.17, 15) is 4.79 Å². The molecule has 1 N–H and O–H groups in total. The molecule has 1 amide bonds. The fourth-order valence-corrected chi connectivity index (χ4v) is 1.09. The lowest BCUT2D eigenvalue weighted by atomic mass is 10.2. The summed E-state index contributed by atoms with van der Waals surface area (Å²) in [6, 6.07) is 0. The average molecular weight is 258 g/mol. The third-order valence-electron chi connectivity index (χ3n) is 2.31. The van der Waals surface area contributed by atoms with E-state index >= 15 is 0 Å². The van der Waals surface area contributed by atoms with Crippen molar-refractivity contribution in [1.29, 1.82) is 0 Å². The fourth-order valence-electron chi connectivity index (χ4n) is 1.09. The lowest BCUT2D eigenvalue weighted by molar-refractivity contribution is -0.116. The van der Waals surface area contributed by atoms with Gasteiger partial charge in [0.1, 0.15) is 5.82 Å². The van der Waals surface area contributed by atoms with Crippen molar-refractivity contribution < 1.29 is 4.79 Å². The molecule has 0 rings (SSSR count). The molecule has 0 aromatic heterocycles. The van der Waals surface area contributed by atoms with Crippen LogP contribution >= 0.6 is 0 Å². The van der Waals surface area contributed by atoms with Gasteiger partial charge in [-0.15, -0.1) is 0 Å². The van der Waals surface area contributed by atoms with E-state index in [0.29, 0.717) is 11.4 Å². The third kappa shape index (κ3) is 7.71. The Labute approximate surface area is 115 Å². The van der Waals surface area contributed by atoms with Crippen LogP contribution in [0.5, 0.6) is 0 Å². The van der Waals surface area contributed by atoms with E-state index in [-0.39, 0.29) is 5.91 Å². The van der Waals surface area contributed by atoms with Crippen LogP contribution in [0.3, 0.4) is 0 Å². The van der Waals surface area contributed by atoms with Gasteiger partial charge in [0.05, 0.1) is 0 Å². The second-order valence-corrected chi connectivity index (χ2v) is 3.88. The first-order chi connectivity index (χ1) is 9.04. The molecule has 0 bridgehead atoms. The van der Waals surface area contributed by atoms with Crippen molar-refractivity contribution in [2.24, 2.45) is 4.99 Å². The molecule has 19 heavy (non-hydrogen) atoms. The standard InChI is InChI=1S/C16H22N2O/c1-6-10-15(17-8-3)18-16(19)14(5)12-9-11-13(4)7-2/h6,8-12H,1,5,7H2,2-4H3,(H,18,19)/b12-9-,13-11+,15-10+,17-8-. The second-order valence-electron chi connectivity index (χ2n) is 3.88. The number of hydrogen-bond acceptors (Lipinski definition) is 2. The minimum atomic E-state index is -0.280. The molecule has 3 nitrogen and oxygen atoms in total. The van der Waals surface area contributed by atoms with E-state index in [1.165, 1.54) is 5.57 Å². The van der Waals surface area contributed by atoms with Crippen molar-refractivity contribution in [3.05, 3.63) is 60.5 Å². The van der Waals surface area contributed by atoms with Gasteiger partial charge in [-0.3, -0.25) is 4.79 Å². The Hall–Kier alpha value is -2.16. The van der Waals surface area contributed by atoms with E-state index in [0.717, 1.165) is 6.42 Å². The van der Waals surface area contributed by atoms with Crippen molar-refractivity contribution >= 4 is 12.1 Å². The highest BCUT2D eigenvalue weighted by molar-refractivity contribution is 5.96. The van der Waals surface area contributed by atoms with Crippen LogP contribution in [0.25, 0.3) is 0 Å². The number of aliphatic imine (C=N–C) groups is 1. The maximum absolute atomic E-state index is 11.8. The molecule has 102 valence electrons. The normalized spacial score (nSPS) is 13.0. The molecule has 0 saturated heterocycles. The third-order valence-corrected chi connectivity index (χ3v) is 2.31. The molecule has 0 unspecified atom stereocenters. The Bertz CT molecular complexity index is 451. The quantitative estimate of drug-likeness (QED) is 0.422. The van der Waals surface area contributed by atoms with Gasteiger partial charge in [0.15, 0.2) is 0 Å². The summed E-state index contributed by atoms with van der Waals surface area (Å²) in [5, 5.41) is 2.65. The zero-order valence-electron chi connectivity index (χ0n) is 11.9. The van der Waals surface area contributed by atoms with Crippen molar-refractivity contribution in [1.82, 2.24) is 5.32 Å². The molecule has 0 aromatic rings. The van der Waals surface area contributed by atoms with Crippen LogP contribution in [-0.2, 0) is 4.79 Å². The number of carbonyl (C=O) groups is 1. The molecule has 0 heterocycles. The zero-order valence-corrected chi connectivity index (χ0v) is 11.9. The Kier molecular flexibility index (Phi) is 8.71. The Balaban J connectivity index is 4.62. The van der Waals surface area contributed by atoms with Crippen LogP contribution in [0.2, 0.25) is 0 Å². The predicted octanol–water partition coefficient (Wildman–Crippen LogP) is 3.69. The first kappa shape index (κ1) is 16.8. The summed E-state index contributed by atoms with van der Waals surface area (Å²) in [5.41, 5.74) is 1.62. The molecule has 0 aliphatic carbocycles. The van der Waals surface area contributed by atoms with E-state index in [1.54, 1.807) is 31.4 Å². The van der Waals surface area contributed by atoms with Gasteiger partial charge in [-0.2, -0.15) is 0 Å². The van der Waals surface area contributed by atoms with E-state index in [1.807, 2.05) is 19.1 Å². The lowest BCUT2D eigenvalue weighted by Gasteiger charge is -2.04. The summed E-state index contributed by atoms with van der Waals surface area (Å²) >= 11 is 0. The van der Waals surface area contributed by atoms with Crippen LogP contribution in [-0.4, -0.2) is 12.1 Å². The van der Waals surface area contributed by atoms with Crippen LogP contribution < -0.4 is 5.32 Å². The number of amides is 1. The molecule has 0 saturated carbocycles. The first-order valence-corrected chi connectivity index (χ1v) is 6.20. The second kappa shape index (κ2) is 9.83. The highest BCUT2D eigenvalue weighted by Gasteiger charge is 2.04. The Morgan fingerprint density at radius 1 is 1.37 bits per heavy atom. The Morgan fingerprint density at radius 2 is 2.05 bits per heavy atom. The predicted molar refractivity (Wildman–Crippen MR) is 82.9 cm³/mol. The molecule has 0 aliphatic rings. The molecule has 0 radical (unpaired) electrons. The monoisotopic (exact) mass is 258 g/mol. The summed E-state index contributed by atoms with van der Waals surface area (Å²) in [5.74, 6) is 0.162. The highest BCUT2D eigenvalue weighted by atomic mass is 16.1. The lowest BCUT2D eigenvalue weighted by Crippen LogP contribution is -2.22. The summed E-state index contributed by atoms with van der Waals surface area (Å²) in [6.45, 7) is 13.2. The number of nitrogens with one attached hydrogen (secondary N) is 1. The van der Waals surface area contributed by atoms with Gasteiger partial charge in [-0.1, -0.05) is 50.0 Å². The number of carbonyl (C=O) groups excluding carboxylic acids is 1. The molecule has 0 fully saturated rings. The number of rotatable bonds is 7. The largest absolute Gasteiger partial charge is 0.307 e. The van der Waals surface area contributed by atoms with Gasteiger partial charge in [0.25, 0.3) is 5.91 Å². The smallest absolute Gasteiger partial charge is 0.256 e. The van der Waals surface area contributed by atoms with Crippen molar-refractivity contribution in [3.63, 3.8) is 0 Å². The van der Waals surface area contributed by atoms with Crippen molar-refractivity contribution in [3.8, 4) is 0 Å². The zero-order chi connectivity index (χ0) is 14.7. The SMILES string of the molecule is C=C/C=C(\N=C/C)NC(=O)C(=C)/C=C\C=C(/C)CC.